The van der Waals surface area contributed by atoms with Gasteiger partial charge in [-0.05, 0) is 25.1 Å². The average molecular weight is 239 g/mol. The third-order valence-corrected chi connectivity index (χ3v) is 2.49. The van der Waals surface area contributed by atoms with Crippen molar-refractivity contribution in [3.8, 4) is 5.75 Å². The van der Waals surface area contributed by atoms with Gasteiger partial charge in [0.1, 0.15) is 5.69 Å². The second kappa shape index (κ2) is 6.05. The summed E-state index contributed by atoms with van der Waals surface area (Å²) in [5, 5.41) is 11.1. The Kier molecular flexibility index (Phi) is 4.71. The van der Waals surface area contributed by atoms with E-state index in [0.717, 1.165) is 6.42 Å². The first-order valence-electron chi connectivity index (χ1n) is 5.34. The maximum Gasteiger partial charge on any atom is 0.333 e. The minimum Gasteiger partial charge on any atom is -0.490 e. The molecule has 6 heteroatoms. The van der Waals surface area contributed by atoms with Crippen LogP contribution in [-0.2, 0) is 0 Å². The van der Waals surface area contributed by atoms with Gasteiger partial charge >= 0.3 is 5.69 Å². The summed E-state index contributed by atoms with van der Waals surface area (Å²) in [6, 6.07) is 5.02. The van der Waals surface area contributed by atoms with Crippen molar-refractivity contribution in [3.63, 3.8) is 0 Å². The molecule has 0 radical (unpaired) electrons. The second-order valence-electron chi connectivity index (χ2n) is 3.65. The molecule has 6 nitrogen and oxygen atoms in total. The molecular formula is C11H17N3O3. The molecule has 0 heterocycles. The van der Waals surface area contributed by atoms with Crippen molar-refractivity contribution in [1.29, 1.82) is 0 Å². The minimum absolute atomic E-state index is 0.00507. The summed E-state index contributed by atoms with van der Waals surface area (Å²) in [6.07, 6.45) is 0.783. The first-order chi connectivity index (χ1) is 8.11. The van der Waals surface area contributed by atoms with Gasteiger partial charge in [-0.1, -0.05) is 6.07 Å². The van der Waals surface area contributed by atoms with Crippen molar-refractivity contribution in [2.45, 2.75) is 6.42 Å². The van der Waals surface area contributed by atoms with E-state index in [1.54, 1.807) is 25.2 Å². The number of hydrogen-bond acceptors (Lipinski definition) is 5. The molecule has 1 aromatic carbocycles. The van der Waals surface area contributed by atoms with Crippen LogP contribution in [-0.4, -0.2) is 32.2 Å². The first kappa shape index (κ1) is 13.2. The SMILES string of the molecule is COc1cccc(N(C)CCCN)c1[N+](=O)[O-]. The van der Waals surface area contributed by atoms with Crippen LogP contribution in [0.4, 0.5) is 11.4 Å². The number of anilines is 1. The van der Waals surface area contributed by atoms with E-state index in [1.807, 2.05) is 4.90 Å². The maximum absolute atomic E-state index is 11.1. The van der Waals surface area contributed by atoms with Crippen LogP contribution in [0.1, 0.15) is 6.42 Å². The van der Waals surface area contributed by atoms with E-state index in [4.69, 9.17) is 10.5 Å². The highest BCUT2D eigenvalue weighted by Crippen LogP contribution is 2.36. The summed E-state index contributed by atoms with van der Waals surface area (Å²) in [5.74, 6) is 0.270. The maximum atomic E-state index is 11.1. The number of nitrogens with two attached hydrogens (primary N) is 1. The van der Waals surface area contributed by atoms with E-state index in [2.05, 4.69) is 0 Å². The lowest BCUT2D eigenvalue weighted by Crippen LogP contribution is -2.22. The molecule has 0 saturated carbocycles. The number of para-hydroxylation sites is 1. The predicted octanol–water partition coefficient (Wildman–Crippen LogP) is 1.39. The molecule has 0 atom stereocenters. The molecule has 0 fully saturated rings. The van der Waals surface area contributed by atoms with E-state index in [0.29, 0.717) is 18.8 Å². The highest BCUT2D eigenvalue weighted by molar-refractivity contribution is 5.69. The van der Waals surface area contributed by atoms with Crippen LogP contribution in [0.2, 0.25) is 0 Å². The zero-order chi connectivity index (χ0) is 12.8. The van der Waals surface area contributed by atoms with Gasteiger partial charge in [0.15, 0.2) is 5.75 Å². The van der Waals surface area contributed by atoms with Crippen LogP contribution in [0.15, 0.2) is 18.2 Å². The number of hydrogen-bond donors (Lipinski definition) is 1. The summed E-state index contributed by atoms with van der Waals surface area (Å²) in [6.45, 7) is 1.23. The number of benzene rings is 1. The molecule has 2 N–H and O–H groups in total. The lowest BCUT2D eigenvalue weighted by molar-refractivity contribution is -0.385. The summed E-state index contributed by atoms with van der Waals surface area (Å²) in [4.78, 5) is 12.4. The van der Waals surface area contributed by atoms with Gasteiger partial charge in [-0.2, -0.15) is 0 Å². The topological polar surface area (TPSA) is 81.6 Å². The van der Waals surface area contributed by atoms with Gasteiger partial charge in [0.25, 0.3) is 0 Å². The van der Waals surface area contributed by atoms with Crippen molar-refractivity contribution < 1.29 is 9.66 Å². The Bertz CT molecular complexity index is 396. The Morgan fingerprint density at radius 1 is 1.53 bits per heavy atom. The fourth-order valence-corrected chi connectivity index (χ4v) is 1.62. The summed E-state index contributed by atoms with van der Waals surface area (Å²) in [7, 11) is 3.23. The molecule has 0 amide bonds. The number of nitro groups is 1. The molecule has 0 unspecified atom stereocenters. The Morgan fingerprint density at radius 2 is 2.24 bits per heavy atom. The van der Waals surface area contributed by atoms with Crippen LogP contribution in [0.3, 0.4) is 0 Å². The number of methoxy groups -OCH3 is 1. The van der Waals surface area contributed by atoms with Crippen molar-refractivity contribution in [2.75, 3.05) is 32.1 Å². The normalized spacial score (nSPS) is 10.1. The third-order valence-electron chi connectivity index (χ3n) is 2.49. The number of nitrogens with zero attached hydrogens (tertiary/aromatic N) is 2. The zero-order valence-corrected chi connectivity index (χ0v) is 10.0. The van der Waals surface area contributed by atoms with Gasteiger partial charge in [0.05, 0.1) is 12.0 Å². The fraction of sp³-hybridized carbons (Fsp3) is 0.455. The van der Waals surface area contributed by atoms with Crippen LogP contribution in [0.5, 0.6) is 5.75 Å². The smallest absolute Gasteiger partial charge is 0.333 e. The largest absolute Gasteiger partial charge is 0.490 e. The molecule has 0 aliphatic rings. The Labute approximate surface area is 100 Å². The number of ether oxygens (including phenoxy) is 1. The summed E-state index contributed by atoms with van der Waals surface area (Å²) in [5.41, 5.74) is 5.96. The molecule has 1 rings (SSSR count). The minimum atomic E-state index is -0.423. The number of rotatable bonds is 6. The molecule has 0 aliphatic carbocycles. The Morgan fingerprint density at radius 3 is 2.76 bits per heavy atom. The van der Waals surface area contributed by atoms with Crippen molar-refractivity contribution in [2.24, 2.45) is 5.73 Å². The van der Waals surface area contributed by atoms with E-state index < -0.39 is 4.92 Å². The second-order valence-corrected chi connectivity index (χ2v) is 3.65. The number of nitro benzene ring substituents is 1. The van der Waals surface area contributed by atoms with E-state index >= 15 is 0 Å². The van der Waals surface area contributed by atoms with Crippen molar-refractivity contribution >= 4 is 11.4 Å². The van der Waals surface area contributed by atoms with Gasteiger partial charge in [0.2, 0.25) is 0 Å². The first-order valence-corrected chi connectivity index (χ1v) is 5.34. The highest BCUT2D eigenvalue weighted by Gasteiger charge is 2.22. The molecule has 0 spiro atoms. The predicted molar refractivity (Wildman–Crippen MR) is 66.6 cm³/mol. The highest BCUT2D eigenvalue weighted by atomic mass is 16.6. The summed E-state index contributed by atoms with van der Waals surface area (Å²) < 4.78 is 5.01. The molecule has 94 valence electrons. The van der Waals surface area contributed by atoms with Crippen LogP contribution in [0.25, 0.3) is 0 Å². The van der Waals surface area contributed by atoms with Crippen LogP contribution in [0, 0.1) is 10.1 Å². The average Bonchev–Trinajstić information content (AvgIpc) is 2.34. The standard InChI is InChI=1S/C11H17N3O3/c1-13(8-4-7-12)9-5-3-6-10(17-2)11(9)14(15)16/h3,5-6H,4,7-8,12H2,1-2H3. The van der Waals surface area contributed by atoms with E-state index in [-0.39, 0.29) is 11.4 Å². The van der Waals surface area contributed by atoms with Crippen LogP contribution < -0.4 is 15.4 Å². The van der Waals surface area contributed by atoms with Crippen molar-refractivity contribution in [3.05, 3.63) is 28.3 Å². The lowest BCUT2D eigenvalue weighted by Gasteiger charge is -2.19. The van der Waals surface area contributed by atoms with Gasteiger partial charge in [-0.3, -0.25) is 10.1 Å². The molecule has 0 aromatic heterocycles. The van der Waals surface area contributed by atoms with Gasteiger partial charge < -0.3 is 15.4 Å². The Hall–Kier alpha value is -1.82. The summed E-state index contributed by atoms with van der Waals surface area (Å²) >= 11 is 0. The van der Waals surface area contributed by atoms with Crippen LogP contribution >= 0.6 is 0 Å². The van der Waals surface area contributed by atoms with Gasteiger partial charge in [-0.15, -0.1) is 0 Å². The molecule has 17 heavy (non-hydrogen) atoms. The zero-order valence-electron chi connectivity index (χ0n) is 10.0. The molecule has 0 bridgehead atoms. The van der Waals surface area contributed by atoms with E-state index in [1.165, 1.54) is 7.11 Å². The molecule has 1 aromatic rings. The quantitative estimate of drug-likeness (QED) is 0.599. The molecule has 0 saturated heterocycles. The third kappa shape index (κ3) is 3.07. The van der Waals surface area contributed by atoms with Gasteiger partial charge in [0, 0.05) is 13.6 Å². The Balaban J connectivity index is 3.09. The lowest BCUT2D eigenvalue weighted by atomic mass is 10.2. The monoisotopic (exact) mass is 239 g/mol. The van der Waals surface area contributed by atoms with E-state index in [9.17, 15) is 10.1 Å². The molecule has 0 aliphatic heterocycles. The van der Waals surface area contributed by atoms with Crippen molar-refractivity contribution in [1.82, 2.24) is 0 Å². The molecular weight excluding hydrogens is 222 g/mol. The fourth-order valence-electron chi connectivity index (χ4n) is 1.62. The van der Waals surface area contributed by atoms with Gasteiger partial charge in [-0.25, -0.2) is 0 Å².